The predicted octanol–water partition coefficient (Wildman–Crippen LogP) is 4.01. The highest BCUT2D eigenvalue weighted by molar-refractivity contribution is 6.30. The van der Waals surface area contributed by atoms with Crippen LogP contribution in [0.15, 0.2) is 67.0 Å². The molecule has 2 aromatic carbocycles. The second-order valence-corrected chi connectivity index (χ2v) is 6.88. The molecule has 0 bridgehead atoms. The highest BCUT2D eigenvalue weighted by Gasteiger charge is 2.19. The summed E-state index contributed by atoms with van der Waals surface area (Å²) in [5.74, 6) is 0.519. The van der Waals surface area contributed by atoms with E-state index in [2.05, 4.69) is 17.2 Å². The second-order valence-electron chi connectivity index (χ2n) is 6.44. The van der Waals surface area contributed by atoms with Crippen LogP contribution in [0.4, 0.5) is 0 Å². The molecule has 0 fully saturated rings. The van der Waals surface area contributed by atoms with Gasteiger partial charge in [-0.3, -0.25) is 9.48 Å². The topological polar surface area (TPSA) is 47.4 Å². The zero-order valence-electron chi connectivity index (χ0n) is 15.4. The summed E-state index contributed by atoms with van der Waals surface area (Å²) in [5.41, 5.74) is 2.15. The Morgan fingerprint density at radius 1 is 1.15 bits per heavy atom. The van der Waals surface area contributed by atoms with Crippen LogP contribution in [0, 0.1) is 0 Å². The van der Waals surface area contributed by atoms with Crippen LogP contribution in [-0.4, -0.2) is 33.7 Å². The van der Waals surface area contributed by atoms with Gasteiger partial charge in [0.15, 0.2) is 6.10 Å². The minimum atomic E-state index is -0.587. The van der Waals surface area contributed by atoms with Crippen molar-refractivity contribution >= 4 is 17.5 Å². The fraction of sp³-hybridized carbons (Fsp3) is 0.238. The Balaban J connectivity index is 1.55. The molecule has 1 aromatic heterocycles. The van der Waals surface area contributed by atoms with Crippen LogP contribution in [0.3, 0.4) is 0 Å². The molecule has 27 heavy (non-hydrogen) atoms. The Hall–Kier alpha value is -2.79. The molecule has 140 valence electrons. The largest absolute Gasteiger partial charge is 0.481 e. The molecule has 1 heterocycles. The van der Waals surface area contributed by atoms with Crippen molar-refractivity contribution in [1.82, 2.24) is 14.7 Å². The second kappa shape index (κ2) is 8.73. The van der Waals surface area contributed by atoms with E-state index in [1.165, 1.54) is 5.56 Å². The molecule has 5 nitrogen and oxygen atoms in total. The minimum Gasteiger partial charge on any atom is -0.481 e. The maximum Gasteiger partial charge on any atom is 0.263 e. The molecule has 0 saturated carbocycles. The van der Waals surface area contributed by atoms with Gasteiger partial charge in [0.2, 0.25) is 0 Å². The highest BCUT2D eigenvalue weighted by Crippen LogP contribution is 2.17. The van der Waals surface area contributed by atoms with E-state index in [4.69, 9.17) is 16.3 Å². The lowest BCUT2D eigenvalue weighted by molar-refractivity contribution is -0.137. The van der Waals surface area contributed by atoms with Crippen molar-refractivity contribution in [2.75, 3.05) is 7.05 Å². The van der Waals surface area contributed by atoms with Crippen LogP contribution in [0.5, 0.6) is 5.75 Å². The van der Waals surface area contributed by atoms with Crippen LogP contribution in [-0.2, 0) is 17.9 Å². The monoisotopic (exact) mass is 383 g/mol. The van der Waals surface area contributed by atoms with Crippen LogP contribution in [0.2, 0.25) is 5.02 Å². The molecule has 3 rings (SSSR count). The van der Waals surface area contributed by atoms with E-state index in [1.54, 1.807) is 49.3 Å². The molecule has 1 amide bonds. The lowest BCUT2D eigenvalue weighted by atomic mass is 10.2. The number of hydrogen-bond acceptors (Lipinski definition) is 3. The van der Waals surface area contributed by atoms with E-state index in [1.807, 2.05) is 29.1 Å². The summed E-state index contributed by atoms with van der Waals surface area (Å²) in [6.45, 7) is 2.92. The van der Waals surface area contributed by atoms with Crippen molar-refractivity contribution in [3.8, 4) is 5.75 Å². The number of aromatic nitrogens is 2. The van der Waals surface area contributed by atoms with E-state index >= 15 is 0 Å². The third-order valence-corrected chi connectivity index (χ3v) is 4.40. The van der Waals surface area contributed by atoms with Crippen LogP contribution in [0.1, 0.15) is 18.1 Å². The number of halogens is 1. The van der Waals surface area contributed by atoms with Crippen LogP contribution in [0.25, 0.3) is 0 Å². The standard InChI is InChI=1S/C21H22ClN3O2/c1-16(27-20-10-8-19(22)9-11-20)21(26)24(2)13-18-12-23-25(15-18)14-17-6-4-3-5-7-17/h3-12,15-16H,13-14H2,1-2H3/t16-/m1/s1. The molecular formula is C21H22ClN3O2. The number of ether oxygens (including phenoxy) is 1. The number of amides is 1. The maximum atomic E-state index is 12.6. The van der Waals surface area contributed by atoms with Crippen molar-refractivity contribution in [2.45, 2.75) is 26.1 Å². The van der Waals surface area contributed by atoms with Gasteiger partial charge in [0.1, 0.15) is 5.75 Å². The number of likely N-dealkylation sites (N-methyl/N-ethyl adjacent to an activating group) is 1. The summed E-state index contributed by atoms with van der Waals surface area (Å²) in [6, 6.07) is 17.1. The minimum absolute atomic E-state index is 0.0965. The highest BCUT2D eigenvalue weighted by atomic mass is 35.5. The van der Waals surface area contributed by atoms with Crippen molar-refractivity contribution in [3.63, 3.8) is 0 Å². The fourth-order valence-electron chi connectivity index (χ4n) is 2.77. The van der Waals surface area contributed by atoms with E-state index in [-0.39, 0.29) is 5.91 Å². The SMILES string of the molecule is C[C@@H](Oc1ccc(Cl)cc1)C(=O)N(C)Cc1cnn(Cc2ccccc2)c1. The Bertz CT molecular complexity index is 878. The third kappa shape index (κ3) is 5.34. The molecule has 0 saturated heterocycles. The average Bonchev–Trinajstić information content (AvgIpc) is 3.10. The van der Waals surface area contributed by atoms with Gasteiger partial charge in [0, 0.05) is 30.4 Å². The number of carbonyl (C=O) groups excluding carboxylic acids is 1. The van der Waals surface area contributed by atoms with E-state index in [9.17, 15) is 4.79 Å². The van der Waals surface area contributed by atoms with Gasteiger partial charge in [-0.05, 0) is 36.8 Å². The summed E-state index contributed by atoms with van der Waals surface area (Å²) >= 11 is 5.87. The average molecular weight is 384 g/mol. The molecule has 6 heteroatoms. The van der Waals surface area contributed by atoms with E-state index < -0.39 is 6.10 Å². The van der Waals surface area contributed by atoms with E-state index in [0.717, 1.165) is 5.56 Å². The lowest BCUT2D eigenvalue weighted by Crippen LogP contribution is -2.37. The molecule has 0 radical (unpaired) electrons. The van der Waals surface area contributed by atoms with Crippen molar-refractivity contribution < 1.29 is 9.53 Å². The number of rotatable bonds is 7. The fourth-order valence-corrected chi connectivity index (χ4v) is 2.90. The molecule has 0 spiro atoms. The Labute approximate surface area is 164 Å². The Morgan fingerprint density at radius 2 is 1.85 bits per heavy atom. The summed E-state index contributed by atoms with van der Waals surface area (Å²) in [4.78, 5) is 14.2. The van der Waals surface area contributed by atoms with Gasteiger partial charge in [-0.15, -0.1) is 0 Å². The molecule has 0 unspecified atom stereocenters. The number of nitrogens with zero attached hydrogens (tertiary/aromatic N) is 3. The summed E-state index contributed by atoms with van der Waals surface area (Å²) in [5, 5.41) is 5.01. The zero-order chi connectivity index (χ0) is 19.2. The van der Waals surface area contributed by atoms with Gasteiger partial charge in [-0.2, -0.15) is 5.10 Å². The normalized spacial score (nSPS) is 11.8. The molecule has 0 N–H and O–H groups in total. The van der Waals surface area contributed by atoms with Crippen molar-refractivity contribution in [3.05, 3.63) is 83.1 Å². The van der Waals surface area contributed by atoms with Gasteiger partial charge in [0.25, 0.3) is 5.91 Å². The van der Waals surface area contributed by atoms with Gasteiger partial charge in [0.05, 0.1) is 12.7 Å². The number of benzene rings is 2. The number of hydrogen-bond donors (Lipinski definition) is 0. The molecule has 0 aliphatic rings. The first-order valence-electron chi connectivity index (χ1n) is 8.74. The van der Waals surface area contributed by atoms with Gasteiger partial charge in [-0.1, -0.05) is 41.9 Å². The molecule has 0 aliphatic heterocycles. The quantitative estimate of drug-likeness (QED) is 0.619. The first-order valence-corrected chi connectivity index (χ1v) is 9.11. The summed E-state index contributed by atoms with van der Waals surface area (Å²) in [7, 11) is 1.76. The Kier molecular flexibility index (Phi) is 6.14. The van der Waals surface area contributed by atoms with Gasteiger partial charge >= 0.3 is 0 Å². The van der Waals surface area contributed by atoms with Gasteiger partial charge < -0.3 is 9.64 Å². The third-order valence-electron chi connectivity index (χ3n) is 4.14. The molecule has 1 atom stereocenters. The molecular weight excluding hydrogens is 362 g/mol. The van der Waals surface area contributed by atoms with Crippen LogP contribution >= 0.6 is 11.6 Å². The van der Waals surface area contributed by atoms with Crippen molar-refractivity contribution in [1.29, 1.82) is 0 Å². The first-order chi connectivity index (χ1) is 13.0. The summed E-state index contributed by atoms with van der Waals surface area (Å²) in [6.07, 6.45) is 3.16. The van der Waals surface area contributed by atoms with Gasteiger partial charge in [-0.25, -0.2) is 0 Å². The molecule has 3 aromatic rings. The lowest BCUT2D eigenvalue weighted by Gasteiger charge is -2.21. The maximum absolute atomic E-state index is 12.6. The van der Waals surface area contributed by atoms with Crippen molar-refractivity contribution in [2.24, 2.45) is 0 Å². The first kappa shape index (κ1) is 19.0. The predicted molar refractivity (Wildman–Crippen MR) is 106 cm³/mol. The van der Waals surface area contributed by atoms with E-state index in [0.29, 0.717) is 23.9 Å². The Morgan fingerprint density at radius 3 is 2.56 bits per heavy atom. The smallest absolute Gasteiger partial charge is 0.263 e. The zero-order valence-corrected chi connectivity index (χ0v) is 16.1. The number of carbonyl (C=O) groups is 1. The van der Waals surface area contributed by atoms with Crippen LogP contribution < -0.4 is 4.74 Å². The summed E-state index contributed by atoms with van der Waals surface area (Å²) < 4.78 is 7.58. The molecule has 0 aliphatic carbocycles.